The Labute approximate surface area is 192 Å². The summed E-state index contributed by atoms with van der Waals surface area (Å²) >= 11 is 0. The maximum Gasteiger partial charge on any atom is 0.270 e. The maximum atomic E-state index is 12.8. The Morgan fingerprint density at radius 1 is 0.879 bits per heavy atom. The second-order valence-corrected chi connectivity index (χ2v) is 9.05. The average molecular weight is 444 g/mol. The molecule has 0 bridgehead atoms. The van der Waals surface area contributed by atoms with Crippen molar-refractivity contribution in [3.63, 3.8) is 0 Å². The fourth-order valence-electron chi connectivity index (χ4n) is 4.83. The molecule has 1 saturated heterocycles. The molecule has 1 aliphatic rings. The number of aromatic nitrogens is 4. The van der Waals surface area contributed by atoms with E-state index in [2.05, 4.69) is 19.9 Å². The number of carbonyl (C=O) groups excluding carboxylic acids is 2. The number of ketones is 1. The predicted octanol–water partition coefficient (Wildman–Crippen LogP) is 5.12. The maximum absolute atomic E-state index is 12.8. The van der Waals surface area contributed by atoms with E-state index in [1.165, 1.54) is 6.42 Å². The average Bonchev–Trinajstić information content (AvgIpc) is 3.48. The van der Waals surface area contributed by atoms with Crippen molar-refractivity contribution in [2.24, 2.45) is 5.92 Å². The number of amides is 1. The standard InChI is InChI=1S/C26H29N5O2/c32-25(23-14-19-16-27-10-6-21(19)29-23)5-3-1-2-4-18-8-12-31(13-9-18)26(33)24-15-20-17-28-11-7-22(20)30-24/h6-7,10-11,14-18,29-30H,1-5,8-9,12-13H2. The summed E-state index contributed by atoms with van der Waals surface area (Å²) in [5, 5.41) is 1.95. The highest BCUT2D eigenvalue weighted by molar-refractivity contribution is 5.99. The number of likely N-dealkylation sites (tertiary alicyclic amines) is 1. The van der Waals surface area contributed by atoms with Crippen LogP contribution in [0.1, 0.15) is 65.9 Å². The fraction of sp³-hybridized carbons (Fsp3) is 0.385. The minimum atomic E-state index is 0.0796. The number of aromatic amines is 2. The molecule has 4 aromatic rings. The van der Waals surface area contributed by atoms with Crippen LogP contribution in [0.25, 0.3) is 21.8 Å². The van der Waals surface area contributed by atoms with Crippen LogP contribution in [0, 0.1) is 5.92 Å². The van der Waals surface area contributed by atoms with Crippen molar-refractivity contribution in [1.82, 2.24) is 24.8 Å². The number of unbranched alkanes of at least 4 members (excludes halogenated alkanes) is 2. The van der Waals surface area contributed by atoms with Crippen LogP contribution in [0.2, 0.25) is 0 Å². The highest BCUT2D eigenvalue weighted by Gasteiger charge is 2.24. The third-order valence-electron chi connectivity index (χ3n) is 6.79. The number of carbonyl (C=O) groups is 2. The summed E-state index contributed by atoms with van der Waals surface area (Å²) in [6.07, 6.45) is 14.0. The number of pyridine rings is 2. The van der Waals surface area contributed by atoms with Crippen molar-refractivity contribution in [2.75, 3.05) is 13.1 Å². The summed E-state index contributed by atoms with van der Waals surface area (Å²) in [4.78, 5) is 41.9. The van der Waals surface area contributed by atoms with Gasteiger partial charge in [0.15, 0.2) is 5.78 Å². The normalized spacial score (nSPS) is 14.8. The first kappa shape index (κ1) is 21.4. The summed E-state index contributed by atoms with van der Waals surface area (Å²) in [5.41, 5.74) is 3.23. The number of nitrogens with zero attached hydrogens (tertiary/aromatic N) is 3. The van der Waals surface area contributed by atoms with Crippen LogP contribution in [0.3, 0.4) is 0 Å². The molecule has 2 N–H and O–H groups in total. The summed E-state index contributed by atoms with van der Waals surface area (Å²) in [5.74, 6) is 0.916. The second kappa shape index (κ2) is 9.57. The second-order valence-electron chi connectivity index (χ2n) is 9.05. The number of hydrogen-bond acceptors (Lipinski definition) is 4. The lowest BCUT2D eigenvalue weighted by atomic mass is 9.91. The third kappa shape index (κ3) is 4.82. The smallest absolute Gasteiger partial charge is 0.270 e. The van der Waals surface area contributed by atoms with Crippen LogP contribution in [0.5, 0.6) is 0 Å². The van der Waals surface area contributed by atoms with E-state index in [1.807, 2.05) is 29.2 Å². The Morgan fingerprint density at radius 2 is 1.52 bits per heavy atom. The highest BCUT2D eigenvalue weighted by atomic mass is 16.2. The molecule has 170 valence electrons. The van der Waals surface area contributed by atoms with Crippen molar-refractivity contribution < 1.29 is 9.59 Å². The molecule has 0 aliphatic carbocycles. The van der Waals surface area contributed by atoms with Crippen molar-refractivity contribution >= 4 is 33.5 Å². The Balaban J connectivity index is 1.01. The Morgan fingerprint density at radius 3 is 2.18 bits per heavy atom. The van der Waals surface area contributed by atoms with Gasteiger partial charge in [-0.1, -0.05) is 19.3 Å². The van der Waals surface area contributed by atoms with E-state index in [0.29, 0.717) is 23.7 Å². The lowest BCUT2D eigenvalue weighted by molar-refractivity contribution is 0.0680. The van der Waals surface area contributed by atoms with Gasteiger partial charge in [0.05, 0.1) is 5.69 Å². The zero-order chi connectivity index (χ0) is 22.6. The molecule has 0 radical (unpaired) electrons. The van der Waals surface area contributed by atoms with E-state index in [0.717, 1.165) is 67.0 Å². The number of Topliss-reactive ketones (excluding diaryl/α,β-unsaturated/α-hetero) is 1. The lowest BCUT2D eigenvalue weighted by Crippen LogP contribution is -2.38. The predicted molar refractivity (Wildman–Crippen MR) is 128 cm³/mol. The van der Waals surface area contributed by atoms with Crippen molar-refractivity contribution in [3.05, 3.63) is 60.4 Å². The first-order valence-corrected chi connectivity index (χ1v) is 11.9. The Hall–Kier alpha value is -3.48. The molecule has 1 amide bonds. The molecule has 0 saturated carbocycles. The van der Waals surface area contributed by atoms with Crippen molar-refractivity contribution in [1.29, 1.82) is 0 Å². The van der Waals surface area contributed by atoms with E-state index in [4.69, 9.17) is 0 Å². The van der Waals surface area contributed by atoms with Crippen molar-refractivity contribution in [2.45, 2.75) is 44.9 Å². The first-order valence-electron chi connectivity index (χ1n) is 11.9. The van der Waals surface area contributed by atoms with E-state index >= 15 is 0 Å². The molecule has 5 heterocycles. The third-order valence-corrected chi connectivity index (χ3v) is 6.79. The van der Waals surface area contributed by atoms with Gasteiger partial charge >= 0.3 is 0 Å². The summed E-state index contributed by atoms with van der Waals surface area (Å²) in [7, 11) is 0. The molecule has 5 rings (SSSR count). The number of nitrogens with one attached hydrogen (secondary N) is 2. The molecule has 0 atom stereocenters. The van der Waals surface area contributed by atoms with Crippen LogP contribution in [-0.2, 0) is 0 Å². The monoisotopic (exact) mass is 443 g/mol. The summed E-state index contributed by atoms with van der Waals surface area (Å²) in [6.45, 7) is 1.62. The van der Waals surface area contributed by atoms with Gasteiger partial charge in [0.2, 0.25) is 0 Å². The van der Waals surface area contributed by atoms with Crippen molar-refractivity contribution in [3.8, 4) is 0 Å². The molecule has 7 heteroatoms. The zero-order valence-electron chi connectivity index (χ0n) is 18.7. The zero-order valence-corrected chi connectivity index (χ0v) is 18.7. The van der Waals surface area contributed by atoms with Gasteiger partial charge in [-0.2, -0.15) is 0 Å². The first-order chi connectivity index (χ1) is 16.2. The van der Waals surface area contributed by atoms with Gasteiger partial charge in [0.1, 0.15) is 5.69 Å². The van der Waals surface area contributed by atoms with E-state index in [1.54, 1.807) is 24.8 Å². The number of fused-ring (bicyclic) bond motifs is 2. The van der Waals surface area contributed by atoms with Crippen LogP contribution < -0.4 is 0 Å². The van der Waals surface area contributed by atoms with Gasteiger partial charge in [-0.15, -0.1) is 0 Å². The Kier molecular flexibility index (Phi) is 6.19. The molecule has 0 aromatic carbocycles. The van der Waals surface area contributed by atoms with E-state index in [9.17, 15) is 9.59 Å². The Bertz CT molecular complexity index is 1200. The molecular formula is C26H29N5O2. The number of piperidine rings is 1. The van der Waals surface area contributed by atoms with Gasteiger partial charge in [0, 0.05) is 66.1 Å². The number of H-pyrrole nitrogens is 2. The molecule has 0 spiro atoms. The van der Waals surface area contributed by atoms with Crippen LogP contribution >= 0.6 is 0 Å². The van der Waals surface area contributed by atoms with Gasteiger partial charge in [-0.25, -0.2) is 0 Å². The fourth-order valence-corrected chi connectivity index (χ4v) is 4.83. The van der Waals surface area contributed by atoms with E-state index in [-0.39, 0.29) is 11.7 Å². The lowest BCUT2D eigenvalue weighted by Gasteiger charge is -2.31. The molecular weight excluding hydrogens is 414 g/mol. The van der Waals surface area contributed by atoms with Gasteiger partial charge in [-0.05, 0) is 49.4 Å². The topological polar surface area (TPSA) is 94.7 Å². The quantitative estimate of drug-likeness (QED) is 0.292. The molecule has 1 fully saturated rings. The molecule has 0 unspecified atom stereocenters. The number of hydrogen-bond donors (Lipinski definition) is 2. The highest BCUT2D eigenvalue weighted by Crippen LogP contribution is 2.25. The largest absolute Gasteiger partial charge is 0.352 e. The van der Waals surface area contributed by atoms with Crippen LogP contribution in [0.4, 0.5) is 0 Å². The van der Waals surface area contributed by atoms with Crippen LogP contribution in [0.15, 0.2) is 49.1 Å². The molecule has 1 aliphatic heterocycles. The minimum Gasteiger partial charge on any atom is -0.352 e. The minimum absolute atomic E-state index is 0.0796. The summed E-state index contributed by atoms with van der Waals surface area (Å²) in [6, 6.07) is 7.57. The van der Waals surface area contributed by atoms with Gasteiger partial charge in [0.25, 0.3) is 5.91 Å². The van der Waals surface area contributed by atoms with E-state index < -0.39 is 0 Å². The molecule has 33 heavy (non-hydrogen) atoms. The molecule has 4 aromatic heterocycles. The van der Waals surface area contributed by atoms with Gasteiger partial charge in [-0.3, -0.25) is 19.6 Å². The summed E-state index contributed by atoms with van der Waals surface area (Å²) < 4.78 is 0. The number of rotatable bonds is 8. The van der Waals surface area contributed by atoms with Gasteiger partial charge < -0.3 is 14.9 Å². The SMILES string of the molecule is O=C(CCCCCC1CCN(C(=O)c2cc3cnccc3[nH]2)CC1)c1cc2cnccc2[nH]1. The van der Waals surface area contributed by atoms with Crippen LogP contribution in [-0.4, -0.2) is 49.6 Å². The molecule has 7 nitrogen and oxygen atoms in total.